The van der Waals surface area contributed by atoms with Gasteiger partial charge < -0.3 is 19.9 Å². The Bertz CT molecular complexity index is 671. The lowest BCUT2D eigenvalue weighted by molar-refractivity contribution is -0.131. The highest BCUT2D eigenvalue weighted by Crippen LogP contribution is 2.22. The normalized spacial score (nSPS) is 18.4. The van der Waals surface area contributed by atoms with Crippen molar-refractivity contribution in [2.45, 2.75) is 38.5 Å². The third-order valence-corrected chi connectivity index (χ3v) is 6.52. The van der Waals surface area contributed by atoms with Crippen LogP contribution in [-0.2, 0) is 16.0 Å². The number of hydrogen-bond donors (Lipinski definition) is 1. The van der Waals surface area contributed by atoms with Crippen LogP contribution in [0.15, 0.2) is 35.3 Å². The molecule has 2 aliphatic heterocycles. The Balaban J connectivity index is 0.00000341. The molecule has 1 aromatic rings. The van der Waals surface area contributed by atoms with Crippen LogP contribution in [0.4, 0.5) is 0 Å². The summed E-state index contributed by atoms with van der Waals surface area (Å²) in [5.41, 5.74) is 1.40. The van der Waals surface area contributed by atoms with Crippen LogP contribution in [0.2, 0.25) is 0 Å². The molecule has 0 atom stereocenters. The Kier molecular flexibility index (Phi) is 11.6. The summed E-state index contributed by atoms with van der Waals surface area (Å²) in [6.07, 6.45) is 6.73. The highest BCUT2D eigenvalue weighted by atomic mass is 127. The van der Waals surface area contributed by atoms with Crippen LogP contribution < -0.4 is 5.32 Å². The molecular weight excluding hydrogens is 503 g/mol. The number of hydrogen-bond acceptors (Lipinski definition) is 3. The van der Waals surface area contributed by atoms with Crippen molar-refractivity contribution in [3.63, 3.8) is 0 Å². The fourth-order valence-corrected chi connectivity index (χ4v) is 4.50. The number of nitrogens with zero attached hydrogens (tertiary/aromatic N) is 3. The Morgan fingerprint density at radius 2 is 1.81 bits per heavy atom. The number of benzene rings is 1. The van der Waals surface area contributed by atoms with Gasteiger partial charge in [-0.3, -0.25) is 9.79 Å². The van der Waals surface area contributed by atoms with Crippen LogP contribution in [0.25, 0.3) is 0 Å². The van der Waals surface area contributed by atoms with Crippen molar-refractivity contribution < 1.29 is 9.53 Å². The van der Waals surface area contributed by atoms with Gasteiger partial charge >= 0.3 is 0 Å². The maximum Gasteiger partial charge on any atom is 0.241 e. The molecule has 0 bridgehead atoms. The summed E-state index contributed by atoms with van der Waals surface area (Å²) in [4.78, 5) is 21.2. The molecule has 31 heavy (non-hydrogen) atoms. The summed E-state index contributed by atoms with van der Waals surface area (Å²) in [7, 11) is 3.83. The van der Waals surface area contributed by atoms with Gasteiger partial charge in [0.05, 0.1) is 6.54 Å². The smallest absolute Gasteiger partial charge is 0.241 e. The Hall–Kier alpha value is -1.35. The standard InChI is InChI=1S/C24H38N4O2.HI/c1-25-24(27(2)13-8-20-11-16-30-17-12-20)26-19-23(29)28-14-9-22(10-15-28)18-21-6-4-3-5-7-21;/h3-7,20,22H,8-19H2,1-2H3,(H,25,26);1H. The number of nitrogens with one attached hydrogen (secondary N) is 1. The molecule has 1 aromatic carbocycles. The molecule has 3 rings (SSSR count). The average molecular weight is 543 g/mol. The Labute approximate surface area is 204 Å². The molecule has 2 aliphatic rings. The molecule has 0 aliphatic carbocycles. The number of rotatable bonds is 7. The lowest BCUT2D eigenvalue weighted by Gasteiger charge is -2.32. The number of ether oxygens (including phenoxy) is 1. The Morgan fingerprint density at radius 1 is 1.13 bits per heavy atom. The first-order chi connectivity index (χ1) is 14.7. The molecule has 2 saturated heterocycles. The summed E-state index contributed by atoms with van der Waals surface area (Å²) in [6.45, 7) is 4.75. The molecule has 0 spiro atoms. The van der Waals surface area contributed by atoms with Crippen molar-refractivity contribution in [2.75, 3.05) is 53.5 Å². The van der Waals surface area contributed by atoms with Crippen molar-refractivity contribution in [3.8, 4) is 0 Å². The second-order valence-corrected chi connectivity index (χ2v) is 8.68. The minimum absolute atomic E-state index is 0. The zero-order valence-electron chi connectivity index (χ0n) is 19.1. The van der Waals surface area contributed by atoms with E-state index < -0.39 is 0 Å². The topological polar surface area (TPSA) is 57.2 Å². The second kappa shape index (κ2) is 13.9. The van der Waals surface area contributed by atoms with E-state index in [0.717, 1.165) is 83.3 Å². The first-order valence-corrected chi connectivity index (χ1v) is 11.5. The summed E-state index contributed by atoms with van der Waals surface area (Å²) < 4.78 is 5.44. The zero-order chi connectivity index (χ0) is 21.2. The molecule has 0 saturated carbocycles. The molecule has 0 aromatic heterocycles. The van der Waals surface area contributed by atoms with Crippen LogP contribution in [-0.4, -0.2) is 75.2 Å². The molecule has 174 valence electrons. The average Bonchev–Trinajstić information content (AvgIpc) is 2.80. The minimum Gasteiger partial charge on any atom is -0.381 e. The molecule has 2 heterocycles. The van der Waals surface area contributed by atoms with Crippen LogP contribution >= 0.6 is 24.0 Å². The van der Waals surface area contributed by atoms with Crippen LogP contribution in [0.5, 0.6) is 0 Å². The molecule has 2 fully saturated rings. The summed E-state index contributed by atoms with van der Waals surface area (Å²) in [5, 5.41) is 3.27. The maximum absolute atomic E-state index is 12.7. The molecule has 0 unspecified atom stereocenters. The van der Waals surface area contributed by atoms with Crippen LogP contribution in [0, 0.1) is 11.8 Å². The Morgan fingerprint density at radius 3 is 2.45 bits per heavy atom. The van der Waals surface area contributed by atoms with Gasteiger partial charge in [-0.15, -0.1) is 24.0 Å². The van der Waals surface area contributed by atoms with Crippen molar-refractivity contribution in [1.29, 1.82) is 0 Å². The SMILES string of the molecule is CN=C(NCC(=O)N1CCC(Cc2ccccc2)CC1)N(C)CCC1CCOCC1.I. The largest absolute Gasteiger partial charge is 0.381 e. The van der Waals surface area contributed by atoms with Gasteiger partial charge in [-0.25, -0.2) is 0 Å². The van der Waals surface area contributed by atoms with E-state index >= 15 is 0 Å². The van der Waals surface area contributed by atoms with Crippen LogP contribution in [0.1, 0.15) is 37.7 Å². The van der Waals surface area contributed by atoms with Gasteiger partial charge in [-0.2, -0.15) is 0 Å². The highest BCUT2D eigenvalue weighted by Gasteiger charge is 2.23. The van der Waals surface area contributed by atoms with Crippen molar-refractivity contribution in [3.05, 3.63) is 35.9 Å². The van der Waals surface area contributed by atoms with Gasteiger partial charge in [0.1, 0.15) is 0 Å². The van der Waals surface area contributed by atoms with Gasteiger partial charge in [0.25, 0.3) is 0 Å². The van der Waals surface area contributed by atoms with Gasteiger partial charge in [-0.1, -0.05) is 30.3 Å². The highest BCUT2D eigenvalue weighted by molar-refractivity contribution is 14.0. The minimum atomic E-state index is 0. The number of halogens is 1. The van der Waals surface area contributed by atoms with E-state index in [2.05, 4.69) is 45.5 Å². The van der Waals surface area contributed by atoms with E-state index in [1.807, 2.05) is 11.9 Å². The summed E-state index contributed by atoms with van der Waals surface area (Å²) in [5.74, 6) is 2.38. The van der Waals surface area contributed by atoms with Crippen molar-refractivity contribution in [2.24, 2.45) is 16.8 Å². The molecule has 0 radical (unpaired) electrons. The monoisotopic (exact) mass is 542 g/mol. The first-order valence-electron chi connectivity index (χ1n) is 11.5. The summed E-state index contributed by atoms with van der Waals surface area (Å²) >= 11 is 0. The molecular formula is C24H39IN4O2. The van der Waals surface area contributed by atoms with E-state index in [9.17, 15) is 4.79 Å². The molecule has 1 amide bonds. The number of likely N-dealkylation sites (tertiary alicyclic amines) is 1. The van der Waals surface area contributed by atoms with Gasteiger partial charge in [-0.05, 0) is 55.9 Å². The van der Waals surface area contributed by atoms with Gasteiger partial charge in [0.15, 0.2) is 5.96 Å². The zero-order valence-corrected chi connectivity index (χ0v) is 21.4. The summed E-state index contributed by atoms with van der Waals surface area (Å²) in [6, 6.07) is 10.7. The van der Waals surface area contributed by atoms with E-state index in [4.69, 9.17) is 4.74 Å². The third-order valence-electron chi connectivity index (χ3n) is 6.52. The van der Waals surface area contributed by atoms with E-state index in [0.29, 0.717) is 12.5 Å². The number of carbonyl (C=O) groups is 1. The van der Waals surface area contributed by atoms with Crippen molar-refractivity contribution >= 4 is 35.8 Å². The third kappa shape index (κ3) is 8.60. The predicted octanol–water partition coefficient (Wildman–Crippen LogP) is 3.41. The number of aliphatic imine (C=N–C) groups is 1. The molecule has 1 N–H and O–H groups in total. The molecule has 7 heteroatoms. The second-order valence-electron chi connectivity index (χ2n) is 8.68. The maximum atomic E-state index is 12.7. The number of guanidine groups is 1. The van der Waals surface area contributed by atoms with E-state index in [-0.39, 0.29) is 29.9 Å². The van der Waals surface area contributed by atoms with Crippen LogP contribution in [0.3, 0.4) is 0 Å². The van der Waals surface area contributed by atoms with Gasteiger partial charge in [0, 0.05) is 46.9 Å². The van der Waals surface area contributed by atoms with Crippen molar-refractivity contribution in [1.82, 2.24) is 15.1 Å². The quantitative estimate of drug-likeness (QED) is 0.326. The lowest BCUT2D eigenvalue weighted by atomic mass is 9.90. The molecule has 6 nitrogen and oxygen atoms in total. The predicted molar refractivity (Wildman–Crippen MR) is 137 cm³/mol. The number of carbonyl (C=O) groups excluding carboxylic acids is 1. The fraction of sp³-hybridized carbons (Fsp3) is 0.667. The lowest BCUT2D eigenvalue weighted by Crippen LogP contribution is -2.47. The van der Waals surface area contributed by atoms with E-state index in [1.54, 1.807) is 7.05 Å². The number of piperidine rings is 1. The van der Waals surface area contributed by atoms with E-state index in [1.165, 1.54) is 5.56 Å². The van der Waals surface area contributed by atoms with Gasteiger partial charge in [0.2, 0.25) is 5.91 Å². The fourth-order valence-electron chi connectivity index (χ4n) is 4.50. The first kappa shape index (κ1) is 25.9. The number of amides is 1.